The second kappa shape index (κ2) is 6.56. The lowest BCUT2D eigenvalue weighted by Gasteiger charge is -2.11. The van der Waals surface area contributed by atoms with Crippen molar-refractivity contribution in [3.05, 3.63) is 60.2 Å². The Hall–Kier alpha value is -2.33. The summed E-state index contributed by atoms with van der Waals surface area (Å²) in [6.07, 6.45) is 0. The summed E-state index contributed by atoms with van der Waals surface area (Å²) in [5.41, 5.74) is 2.22. The molecule has 3 N–H and O–H groups in total. The van der Waals surface area contributed by atoms with Gasteiger partial charge in [-0.25, -0.2) is 0 Å². The Kier molecular flexibility index (Phi) is 4.53. The molecule has 98 valence electrons. The van der Waals surface area contributed by atoms with Crippen molar-refractivity contribution >= 4 is 17.3 Å². The minimum Gasteiger partial charge on any atom is -0.395 e. The van der Waals surface area contributed by atoms with E-state index in [9.17, 15) is 4.79 Å². The fourth-order valence-corrected chi connectivity index (χ4v) is 1.73. The van der Waals surface area contributed by atoms with Crippen LogP contribution in [-0.4, -0.2) is 24.2 Å². The Balaban J connectivity index is 2.19. The number of para-hydroxylation sites is 2. The van der Waals surface area contributed by atoms with Crippen LogP contribution in [-0.2, 0) is 0 Å². The minimum atomic E-state index is -0.201. The van der Waals surface area contributed by atoms with Crippen LogP contribution in [0.2, 0.25) is 0 Å². The molecule has 0 saturated heterocycles. The highest BCUT2D eigenvalue weighted by atomic mass is 16.3. The number of amides is 1. The summed E-state index contributed by atoms with van der Waals surface area (Å²) in [7, 11) is 0. The van der Waals surface area contributed by atoms with Gasteiger partial charge in [0, 0.05) is 12.2 Å². The van der Waals surface area contributed by atoms with Gasteiger partial charge < -0.3 is 15.7 Å². The fourth-order valence-electron chi connectivity index (χ4n) is 1.73. The smallest absolute Gasteiger partial charge is 0.253 e. The molecule has 0 spiro atoms. The number of aliphatic hydroxyl groups is 1. The van der Waals surface area contributed by atoms with Crippen LogP contribution in [0.1, 0.15) is 10.4 Å². The molecule has 0 aliphatic carbocycles. The maximum Gasteiger partial charge on any atom is 0.253 e. The predicted octanol–water partition coefficient (Wildman–Crippen LogP) is 2.15. The van der Waals surface area contributed by atoms with Crippen LogP contribution < -0.4 is 10.6 Å². The monoisotopic (exact) mass is 256 g/mol. The first-order chi connectivity index (χ1) is 9.31. The summed E-state index contributed by atoms with van der Waals surface area (Å²) in [6, 6.07) is 16.9. The molecule has 0 unspecified atom stereocenters. The maximum absolute atomic E-state index is 12.0. The summed E-state index contributed by atoms with van der Waals surface area (Å²) in [4.78, 5) is 12.0. The average molecular weight is 256 g/mol. The first-order valence-corrected chi connectivity index (χ1v) is 6.11. The zero-order valence-electron chi connectivity index (χ0n) is 10.5. The molecule has 4 nitrogen and oxygen atoms in total. The molecule has 0 saturated carbocycles. The van der Waals surface area contributed by atoms with Gasteiger partial charge in [0.15, 0.2) is 0 Å². The van der Waals surface area contributed by atoms with Gasteiger partial charge in [0.25, 0.3) is 5.91 Å². The fraction of sp³-hybridized carbons (Fsp3) is 0.133. The highest BCUT2D eigenvalue weighted by Crippen LogP contribution is 2.20. The van der Waals surface area contributed by atoms with Gasteiger partial charge in [-0.3, -0.25) is 4.79 Å². The minimum absolute atomic E-state index is 0.0694. The van der Waals surface area contributed by atoms with E-state index < -0.39 is 0 Å². The Bertz CT molecular complexity index is 541. The van der Waals surface area contributed by atoms with Crippen molar-refractivity contribution in [2.45, 2.75) is 0 Å². The third-order valence-corrected chi connectivity index (χ3v) is 2.62. The quantitative estimate of drug-likeness (QED) is 0.768. The molecule has 0 atom stereocenters. The molecular formula is C15H16N2O2. The molecule has 0 bridgehead atoms. The van der Waals surface area contributed by atoms with Gasteiger partial charge in [-0.05, 0) is 24.3 Å². The van der Waals surface area contributed by atoms with Crippen molar-refractivity contribution in [1.29, 1.82) is 0 Å². The molecular weight excluding hydrogens is 240 g/mol. The van der Waals surface area contributed by atoms with E-state index in [4.69, 9.17) is 5.11 Å². The normalized spacial score (nSPS) is 9.95. The second-order valence-electron chi connectivity index (χ2n) is 4.02. The molecule has 1 amide bonds. The van der Waals surface area contributed by atoms with E-state index in [1.54, 1.807) is 6.07 Å². The largest absolute Gasteiger partial charge is 0.395 e. The third-order valence-electron chi connectivity index (χ3n) is 2.62. The molecule has 0 heterocycles. The number of aliphatic hydroxyl groups excluding tert-OH is 1. The number of carbonyl (C=O) groups is 1. The van der Waals surface area contributed by atoms with Gasteiger partial charge in [-0.1, -0.05) is 30.3 Å². The lowest BCUT2D eigenvalue weighted by molar-refractivity contribution is 0.0945. The van der Waals surface area contributed by atoms with Crippen LogP contribution >= 0.6 is 0 Å². The molecule has 4 heteroatoms. The molecule has 2 aromatic carbocycles. The molecule has 0 radical (unpaired) electrons. The van der Waals surface area contributed by atoms with E-state index >= 15 is 0 Å². The van der Waals surface area contributed by atoms with Crippen LogP contribution in [0.15, 0.2) is 54.6 Å². The van der Waals surface area contributed by atoms with Crippen molar-refractivity contribution in [3.63, 3.8) is 0 Å². The van der Waals surface area contributed by atoms with Gasteiger partial charge in [-0.15, -0.1) is 0 Å². The Morgan fingerprint density at radius 2 is 1.68 bits per heavy atom. The van der Waals surface area contributed by atoms with E-state index in [-0.39, 0.29) is 19.1 Å². The SMILES string of the molecule is O=C(NCCO)c1ccccc1Nc1ccccc1. The average Bonchev–Trinajstić information content (AvgIpc) is 2.46. The summed E-state index contributed by atoms with van der Waals surface area (Å²) in [5, 5.41) is 14.6. The number of rotatable bonds is 5. The number of anilines is 2. The van der Waals surface area contributed by atoms with Crippen molar-refractivity contribution in [2.75, 3.05) is 18.5 Å². The molecule has 0 fully saturated rings. The molecule has 0 aliphatic rings. The van der Waals surface area contributed by atoms with Gasteiger partial charge in [0.2, 0.25) is 0 Å². The molecule has 0 aromatic heterocycles. The van der Waals surface area contributed by atoms with Crippen LogP contribution in [0.3, 0.4) is 0 Å². The standard InChI is InChI=1S/C15H16N2O2/c18-11-10-16-15(19)13-8-4-5-9-14(13)17-12-6-2-1-3-7-12/h1-9,17-18H,10-11H2,(H,16,19). The number of hydrogen-bond donors (Lipinski definition) is 3. The van der Waals surface area contributed by atoms with Gasteiger partial charge in [0.1, 0.15) is 0 Å². The number of benzene rings is 2. The van der Waals surface area contributed by atoms with E-state index in [1.165, 1.54) is 0 Å². The predicted molar refractivity (Wildman–Crippen MR) is 75.6 cm³/mol. The second-order valence-corrected chi connectivity index (χ2v) is 4.02. The Morgan fingerprint density at radius 1 is 1.00 bits per heavy atom. The number of hydrogen-bond acceptors (Lipinski definition) is 3. The van der Waals surface area contributed by atoms with Crippen molar-refractivity contribution < 1.29 is 9.90 Å². The molecule has 2 rings (SSSR count). The van der Waals surface area contributed by atoms with Crippen LogP contribution in [0, 0.1) is 0 Å². The van der Waals surface area contributed by atoms with Gasteiger partial charge in [-0.2, -0.15) is 0 Å². The highest BCUT2D eigenvalue weighted by molar-refractivity contribution is 6.00. The van der Waals surface area contributed by atoms with Crippen molar-refractivity contribution in [2.24, 2.45) is 0 Å². The van der Waals surface area contributed by atoms with Gasteiger partial charge >= 0.3 is 0 Å². The number of nitrogens with one attached hydrogen (secondary N) is 2. The maximum atomic E-state index is 12.0. The third kappa shape index (κ3) is 3.56. The molecule has 0 aliphatic heterocycles. The summed E-state index contributed by atoms with van der Waals surface area (Å²) in [6.45, 7) is 0.179. The van der Waals surface area contributed by atoms with E-state index in [0.717, 1.165) is 11.4 Å². The summed E-state index contributed by atoms with van der Waals surface area (Å²) in [5.74, 6) is -0.201. The van der Waals surface area contributed by atoms with Crippen molar-refractivity contribution in [3.8, 4) is 0 Å². The first kappa shape index (κ1) is 13.1. The topological polar surface area (TPSA) is 61.4 Å². The Labute approximate surface area is 112 Å². The Morgan fingerprint density at radius 3 is 2.42 bits per heavy atom. The lowest BCUT2D eigenvalue weighted by atomic mass is 10.1. The summed E-state index contributed by atoms with van der Waals surface area (Å²) < 4.78 is 0. The molecule has 19 heavy (non-hydrogen) atoms. The zero-order valence-corrected chi connectivity index (χ0v) is 10.5. The summed E-state index contributed by atoms with van der Waals surface area (Å²) >= 11 is 0. The van der Waals surface area contributed by atoms with Crippen LogP contribution in [0.4, 0.5) is 11.4 Å². The van der Waals surface area contributed by atoms with Crippen LogP contribution in [0.5, 0.6) is 0 Å². The van der Waals surface area contributed by atoms with E-state index in [0.29, 0.717) is 5.56 Å². The van der Waals surface area contributed by atoms with E-state index in [2.05, 4.69) is 10.6 Å². The van der Waals surface area contributed by atoms with Crippen molar-refractivity contribution in [1.82, 2.24) is 5.32 Å². The number of carbonyl (C=O) groups excluding carboxylic acids is 1. The zero-order chi connectivity index (χ0) is 13.5. The highest BCUT2D eigenvalue weighted by Gasteiger charge is 2.09. The molecule has 2 aromatic rings. The first-order valence-electron chi connectivity index (χ1n) is 6.11. The van der Waals surface area contributed by atoms with Crippen LogP contribution in [0.25, 0.3) is 0 Å². The van der Waals surface area contributed by atoms with E-state index in [1.807, 2.05) is 48.5 Å². The van der Waals surface area contributed by atoms with Gasteiger partial charge in [0.05, 0.1) is 17.9 Å². The lowest BCUT2D eigenvalue weighted by Crippen LogP contribution is -2.26.